The molecule has 1 unspecified atom stereocenters. The van der Waals surface area contributed by atoms with E-state index >= 15 is 0 Å². The van der Waals surface area contributed by atoms with Crippen molar-refractivity contribution in [2.75, 3.05) is 0 Å². The van der Waals surface area contributed by atoms with E-state index in [1.54, 1.807) is 44.2 Å². The largest absolute Gasteiger partial charge is 0.478 e. The molecule has 2 aromatic rings. The fourth-order valence-corrected chi connectivity index (χ4v) is 4.45. The minimum absolute atomic E-state index is 0.0443. The molecule has 2 N–H and O–H groups in total. The van der Waals surface area contributed by atoms with Crippen LogP contribution in [0.25, 0.3) is 0 Å². The molecule has 0 amide bonds. The zero-order chi connectivity index (χ0) is 21.1. The zero-order valence-corrected chi connectivity index (χ0v) is 16.6. The Hall–Kier alpha value is -3.13. The van der Waals surface area contributed by atoms with Crippen molar-refractivity contribution in [1.82, 2.24) is 5.32 Å². The van der Waals surface area contributed by atoms with Crippen LogP contribution < -0.4 is 5.32 Å². The number of carbonyl (C=O) groups is 1. The van der Waals surface area contributed by atoms with Crippen molar-refractivity contribution >= 4 is 17.7 Å². The van der Waals surface area contributed by atoms with E-state index in [2.05, 4.69) is 5.32 Å². The summed E-state index contributed by atoms with van der Waals surface area (Å²) < 4.78 is 13.1. The average molecular weight is 414 g/mol. The SMILES string of the molecule is CC1=C(C(=O)O)C(c2ccccc2SCc2ccc(F)cc2)C([N+](=O)[O-])=C(C)N1. The number of nitrogens with one attached hydrogen (secondary N) is 1. The molecule has 2 aromatic carbocycles. The maximum atomic E-state index is 13.1. The first-order chi connectivity index (χ1) is 13.8. The molecule has 1 heterocycles. The number of carboxylic acid groups (broad SMARTS) is 1. The third kappa shape index (κ3) is 4.32. The Balaban J connectivity index is 2.05. The Morgan fingerprint density at radius 1 is 1.17 bits per heavy atom. The highest BCUT2D eigenvalue weighted by molar-refractivity contribution is 7.98. The summed E-state index contributed by atoms with van der Waals surface area (Å²) in [5, 5.41) is 24.4. The Labute approximate surface area is 171 Å². The van der Waals surface area contributed by atoms with Crippen LogP contribution in [-0.4, -0.2) is 16.0 Å². The third-order valence-electron chi connectivity index (χ3n) is 4.69. The van der Waals surface area contributed by atoms with Crippen molar-refractivity contribution in [3.05, 3.63) is 98.3 Å². The topological polar surface area (TPSA) is 92.5 Å². The Kier molecular flexibility index (Phi) is 6.03. The number of nitrogens with zero attached hydrogens (tertiary/aromatic N) is 1. The van der Waals surface area contributed by atoms with E-state index in [1.165, 1.54) is 23.9 Å². The molecule has 0 bridgehead atoms. The van der Waals surface area contributed by atoms with Gasteiger partial charge in [0.1, 0.15) is 11.7 Å². The van der Waals surface area contributed by atoms with Gasteiger partial charge in [0.15, 0.2) is 0 Å². The number of hydrogen-bond donors (Lipinski definition) is 2. The van der Waals surface area contributed by atoms with Crippen molar-refractivity contribution in [3.8, 4) is 0 Å². The van der Waals surface area contributed by atoms with Crippen molar-refractivity contribution in [2.24, 2.45) is 0 Å². The number of benzene rings is 2. The second kappa shape index (κ2) is 8.48. The first-order valence-corrected chi connectivity index (χ1v) is 9.80. The predicted octanol–water partition coefficient (Wildman–Crippen LogP) is 4.67. The number of allylic oxidation sites excluding steroid dienone is 3. The molecule has 8 heteroatoms. The maximum absolute atomic E-state index is 13.1. The van der Waals surface area contributed by atoms with Crippen LogP contribution in [0.5, 0.6) is 0 Å². The minimum Gasteiger partial charge on any atom is -0.478 e. The van der Waals surface area contributed by atoms with Crippen LogP contribution in [0.4, 0.5) is 4.39 Å². The van der Waals surface area contributed by atoms with Gasteiger partial charge in [0.05, 0.1) is 16.2 Å². The number of nitro groups is 1. The number of hydrogen-bond acceptors (Lipinski definition) is 5. The Morgan fingerprint density at radius 3 is 2.45 bits per heavy atom. The van der Waals surface area contributed by atoms with E-state index in [9.17, 15) is 24.4 Å². The molecular weight excluding hydrogens is 395 g/mol. The van der Waals surface area contributed by atoms with Crippen molar-refractivity contribution in [2.45, 2.75) is 30.4 Å². The van der Waals surface area contributed by atoms with Crippen molar-refractivity contribution < 1.29 is 19.2 Å². The van der Waals surface area contributed by atoms with Gasteiger partial charge in [0, 0.05) is 16.3 Å². The van der Waals surface area contributed by atoms with E-state index in [1.807, 2.05) is 6.07 Å². The van der Waals surface area contributed by atoms with Crippen LogP contribution in [0.2, 0.25) is 0 Å². The molecule has 0 radical (unpaired) electrons. The third-order valence-corrected chi connectivity index (χ3v) is 5.85. The summed E-state index contributed by atoms with van der Waals surface area (Å²) >= 11 is 1.43. The summed E-state index contributed by atoms with van der Waals surface area (Å²) in [5.41, 5.74) is 1.93. The molecule has 150 valence electrons. The average Bonchev–Trinajstić information content (AvgIpc) is 2.66. The van der Waals surface area contributed by atoms with Gasteiger partial charge in [-0.1, -0.05) is 30.3 Å². The Morgan fingerprint density at radius 2 is 1.83 bits per heavy atom. The van der Waals surface area contributed by atoms with E-state index in [4.69, 9.17) is 0 Å². The van der Waals surface area contributed by atoms with Crippen LogP contribution in [0, 0.1) is 15.9 Å². The zero-order valence-electron chi connectivity index (χ0n) is 15.8. The molecule has 0 saturated heterocycles. The fourth-order valence-electron chi connectivity index (χ4n) is 3.40. The molecule has 0 aromatic heterocycles. The molecule has 3 rings (SSSR count). The van der Waals surface area contributed by atoms with E-state index in [0.29, 0.717) is 22.7 Å². The van der Waals surface area contributed by atoms with E-state index < -0.39 is 16.8 Å². The lowest BCUT2D eigenvalue weighted by atomic mass is 9.84. The number of rotatable bonds is 6. The molecule has 6 nitrogen and oxygen atoms in total. The van der Waals surface area contributed by atoms with Gasteiger partial charge in [-0.25, -0.2) is 9.18 Å². The summed E-state index contributed by atoms with van der Waals surface area (Å²) in [7, 11) is 0. The number of dihydropyridines is 1. The van der Waals surface area contributed by atoms with Gasteiger partial charge in [-0.2, -0.15) is 0 Å². The van der Waals surface area contributed by atoms with Gasteiger partial charge in [0.25, 0.3) is 5.70 Å². The first-order valence-electron chi connectivity index (χ1n) is 8.82. The van der Waals surface area contributed by atoms with E-state index in [-0.39, 0.29) is 17.1 Å². The summed E-state index contributed by atoms with van der Waals surface area (Å²) in [5.74, 6) is -2.01. The quantitative estimate of drug-likeness (QED) is 0.405. The molecule has 0 spiro atoms. The summed E-state index contributed by atoms with van der Waals surface area (Å²) in [4.78, 5) is 24.0. The second-order valence-electron chi connectivity index (χ2n) is 6.62. The van der Waals surface area contributed by atoms with Gasteiger partial charge < -0.3 is 10.4 Å². The van der Waals surface area contributed by atoms with Crippen LogP contribution in [0.1, 0.15) is 30.9 Å². The second-order valence-corrected chi connectivity index (χ2v) is 7.64. The molecule has 0 saturated carbocycles. The summed E-state index contributed by atoms with van der Waals surface area (Å²) in [6.07, 6.45) is 0. The molecule has 1 atom stereocenters. The lowest BCUT2D eigenvalue weighted by molar-refractivity contribution is -0.431. The monoisotopic (exact) mass is 414 g/mol. The lowest BCUT2D eigenvalue weighted by Crippen LogP contribution is -2.31. The number of aliphatic carboxylic acids is 1. The lowest BCUT2D eigenvalue weighted by Gasteiger charge is -2.26. The summed E-state index contributed by atoms with van der Waals surface area (Å²) in [6, 6.07) is 13.2. The molecule has 0 fully saturated rings. The standard InChI is InChI=1S/C21H19FN2O4S/c1-12-18(21(25)26)19(20(24(27)28)13(2)23-12)16-5-3-4-6-17(16)29-11-14-7-9-15(22)10-8-14/h3-10,19,23H,11H2,1-2H3,(H,25,26). The molecule has 29 heavy (non-hydrogen) atoms. The number of thioether (sulfide) groups is 1. The Bertz CT molecular complexity index is 995. The van der Waals surface area contributed by atoms with Crippen LogP contribution in [0.3, 0.4) is 0 Å². The highest BCUT2D eigenvalue weighted by Crippen LogP contribution is 2.42. The smallest absolute Gasteiger partial charge is 0.334 e. The fraction of sp³-hybridized carbons (Fsp3) is 0.190. The highest BCUT2D eigenvalue weighted by Gasteiger charge is 2.41. The van der Waals surface area contributed by atoms with Gasteiger partial charge in [-0.05, 0) is 43.2 Å². The van der Waals surface area contributed by atoms with Crippen LogP contribution in [-0.2, 0) is 10.5 Å². The highest BCUT2D eigenvalue weighted by atomic mass is 32.2. The molecule has 1 aliphatic rings. The van der Waals surface area contributed by atoms with Crippen molar-refractivity contribution in [3.63, 3.8) is 0 Å². The number of carboxylic acids is 1. The van der Waals surface area contributed by atoms with Gasteiger partial charge in [-0.15, -0.1) is 11.8 Å². The molecule has 1 aliphatic heterocycles. The number of halogens is 1. The minimum atomic E-state index is -1.20. The summed E-state index contributed by atoms with van der Waals surface area (Å²) in [6.45, 7) is 3.17. The van der Waals surface area contributed by atoms with Gasteiger partial charge in [0.2, 0.25) is 0 Å². The molecule has 0 aliphatic carbocycles. The van der Waals surface area contributed by atoms with Crippen LogP contribution >= 0.6 is 11.8 Å². The van der Waals surface area contributed by atoms with Gasteiger partial charge >= 0.3 is 5.97 Å². The van der Waals surface area contributed by atoms with Gasteiger partial charge in [-0.3, -0.25) is 10.1 Å². The van der Waals surface area contributed by atoms with Crippen LogP contribution in [0.15, 0.2) is 76.1 Å². The molecular formula is C21H19FN2O4S. The first kappa shape index (κ1) is 20.6. The van der Waals surface area contributed by atoms with E-state index in [0.717, 1.165) is 10.5 Å². The normalized spacial score (nSPS) is 16.6. The predicted molar refractivity (Wildman–Crippen MR) is 108 cm³/mol. The maximum Gasteiger partial charge on any atom is 0.334 e. The van der Waals surface area contributed by atoms with Crippen molar-refractivity contribution in [1.29, 1.82) is 0 Å².